The predicted molar refractivity (Wildman–Crippen MR) is 91.7 cm³/mol. The molecule has 3 aromatic rings. The number of methoxy groups -OCH3 is 2. The lowest BCUT2D eigenvalue weighted by Gasteiger charge is -2.08. The fraction of sp³-hybridized carbons (Fsp3) is 0.158. The number of hydrogen-bond donors (Lipinski definition) is 0. The Balaban J connectivity index is 1.97. The molecule has 0 saturated carbocycles. The highest BCUT2D eigenvalue weighted by Gasteiger charge is 2.14. The molecule has 0 N–H and O–H groups in total. The van der Waals surface area contributed by atoms with Crippen LogP contribution in [-0.2, 0) is 6.54 Å². The molecule has 5 nitrogen and oxygen atoms in total. The quantitative estimate of drug-likeness (QED) is 0.644. The van der Waals surface area contributed by atoms with Crippen LogP contribution in [0.25, 0.3) is 11.3 Å². The third kappa shape index (κ3) is 3.52. The van der Waals surface area contributed by atoms with Crippen LogP contribution >= 0.6 is 0 Å². The van der Waals surface area contributed by atoms with Crippen molar-refractivity contribution in [3.8, 4) is 22.8 Å². The predicted octanol–water partition coefficient (Wildman–Crippen LogP) is 3.57. The molecule has 0 spiro atoms. The summed E-state index contributed by atoms with van der Waals surface area (Å²) in [5.41, 5.74) is 2.48. The first kappa shape index (κ1) is 16.7. The van der Waals surface area contributed by atoms with E-state index in [4.69, 9.17) is 9.47 Å². The lowest BCUT2D eigenvalue weighted by Crippen LogP contribution is -2.00. The van der Waals surface area contributed by atoms with Crippen molar-refractivity contribution in [3.05, 3.63) is 65.6 Å². The molecule has 0 aliphatic heterocycles. The van der Waals surface area contributed by atoms with E-state index >= 15 is 0 Å². The van der Waals surface area contributed by atoms with Crippen LogP contribution < -0.4 is 9.47 Å². The standard InChI is InChI=1S/C19H17FN2O3/c1-24-17-7-6-14(9-18(17)25-2)19-15(12-23)11-22(21-19)10-13-4-3-5-16(20)8-13/h3-9,11-12H,10H2,1-2H3. The Morgan fingerprint density at radius 3 is 2.60 bits per heavy atom. The van der Waals surface area contributed by atoms with E-state index in [2.05, 4.69) is 5.10 Å². The minimum absolute atomic E-state index is 0.305. The molecule has 0 saturated heterocycles. The molecule has 3 rings (SSSR count). The van der Waals surface area contributed by atoms with Crippen molar-refractivity contribution in [2.45, 2.75) is 6.54 Å². The van der Waals surface area contributed by atoms with Gasteiger partial charge in [0.1, 0.15) is 11.5 Å². The number of halogens is 1. The van der Waals surface area contributed by atoms with Gasteiger partial charge in [-0.25, -0.2) is 4.39 Å². The van der Waals surface area contributed by atoms with Crippen molar-refractivity contribution in [1.82, 2.24) is 9.78 Å². The maximum Gasteiger partial charge on any atom is 0.161 e. The summed E-state index contributed by atoms with van der Waals surface area (Å²) >= 11 is 0. The van der Waals surface area contributed by atoms with Crippen LogP contribution in [0.2, 0.25) is 0 Å². The molecular formula is C19H17FN2O3. The van der Waals surface area contributed by atoms with Crippen molar-refractivity contribution >= 4 is 6.29 Å². The van der Waals surface area contributed by atoms with Crippen LogP contribution in [0.15, 0.2) is 48.7 Å². The molecular weight excluding hydrogens is 323 g/mol. The molecule has 0 unspecified atom stereocenters. The maximum absolute atomic E-state index is 13.3. The molecule has 0 fully saturated rings. The molecule has 128 valence electrons. The summed E-state index contributed by atoms with van der Waals surface area (Å²) in [5, 5.41) is 4.47. The second-order valence-electron chi connectivity index (χ2n) is 5.45. The van der Waals surface area contributed by atoms with Gasteiger partial charge in [0, 0.05) is 11.8 Å². The van der Waals surface area contributed by atoms with Crippen LogP contribution in [0.1, 0.15) is 15.9 Å². The average Bonchev–Trinajstić information content (AvgIpc) is 3.04. The molecule has 1 aromatic heterocycles. The van der Waals surface area contributed by atoms with Gasteiger partial charge in [0.05, 0.1) is 26.3 Å². The van der Waals surface area contributed by atoms with E-state index in [1.54, 1.807) is 49.4 Å². The van der Waals surface area contributed by atoms with Crippen LogP contribution in [0.3, 0.4) is 0 Å². The summed E-state index contributed by atoms with van der Waals surface area (Å²) in [7, 11) is 3.10. The zero-order valence-corrected chi connectivity index (χ0v) is 13.9. The van der Waals surface area contributed by atoms with Crippen LogP contribution in [0, 0.1) is 5.82 Å². The SMILES string of the molecule is COc1ccc(-c2nn(Cc3cccc(F)c3)cc2C=O)cc1OC. The molecule has 2 aromatic carbocycles. The number of nitrogens with zero attached hydrogens (tertiary/aromatic N) is 2. The van der Waals surface area contributed by atoms with E-state index in [0.717, 1.165) is 17.4 Å². The van der Waals surface area contributed by atoms with Gasteiger partial charge in [-0.2, -0.15) is 5.10 Å². The number of carbonyl (C=O) groups is 1. The van der Waals surface area contributed by atoms with Crippen LogP contribution in [0.5, 0.6) is 11.5 Å². The highest BCUT2D eigenvalue weighted by Crippen LogP contribution is 2.32. The highest BCUT2D eigenvalue weighted by molar-refractivity contribution is 5.85. The van der Waals surface area contributed by atoms with Crippen molar-refractivity contribution in [1.29, 1.82) is 0 Å². The van der Waals surface area contributed by atoms with Crippen LogP contribution in [0.4, 0.5) is 4.39 Å². The fourth-order valence-corrected chi connectivity index (χ4v) is 2.63. The Kier molecular flexibility index (Phi) is 4.79. The van der Waals surface area contributed by atoms with E-state index in [0.29, 0.717) is 29.3 Å². The number of aldehydes is 1. The molecule has 25 heavy (non-hydrogen) atoms. The molecule has 0 radical (unpaired) electrons. The third-order valence-corrected chi connectivity index (χ3v) is 3.81. The number of rotatable bonds is 6. The normalized spacial score (nSPS) is 10.5. The summed E-state index contributed by atoms with van der Waals surface area (Å²) in [6, 6.07) is 11.6. The van der Waals surface area contributed by atoms with Gasteiger partial charge in [0.15, 0.2) is 17.8 Å². The van der Waals surface area contributed by atoms with Gasteiger partial charge in [0.2, 0.25) is 0 Å². The molecule has 0 aliphatic carbocycles. The zero-order chi connectivity index (χ0) is 17.8. The first-order valence-corrected chi connectivity index (χ1v) is 7.64. The lowest BCUT2D eigenvalue weighted by molar-refractivity contribution is 0.112. The van der Waals surface area contributed by atoms with Crippen molar-refractivity contribution in [2.75, 3.05) is 14.2 Å². The number of carbonyl (C=O) groups excluding carboxylic acids is 1. The summed E-state index contributed by atoms with van der Waals surface area (Å²) in [6.07, 6.45) is 2.39. The van der Waals surface area contributed by atoms with Crippen molar-refractivity contribution in [2.24, 2.45) is 0 Å². The van der Waals surface area contributed by atoms with Gasteiger partial charge in [-0.15, -0.1) is 0 Å². The smallest absolute Gasteiger partial charge is 0.161 e. The Bertz CT molecular complexity index is 905. The second-order valence-corrected chi connectivity index (χ2v) is 5.45. The van der Waals surface area contributed by atoms with E-state index in [1.807, 2.05) is 6.07 Å². The molecule has 1 heterocycles. The van der Waals surface area contributed by atoms with E-state index in [-0.39, 0.29) is 5.82 Å². The highest BCUT2D eigenvalue weighted by atomic mass is 19.1. The molecule has 0 aliphatic rings. The minimum Gasteiger partial charge on any atom is -0.493 e. The second kappa shape index (κ2) is 7.17. The van der Waals surface area contributed by atoms with E-state index < -0.39 is 0 Å². The Morgan fingerprint density at radius 1 is 1.12 bits per heavy atom. The zero-order valence-electron chi connectivity index (χ0n) is 13.9. The minimum atomic E-state index is -0.305. The topological polar surface area (TPSA) is 53.4 Å². The summed E-state index contributed by atoms with van der Waals surface area (Å²) in [4.78, 5) is 11.4. The van der Waals surface area contributed by atoms with Crippen LogP contribution in [-0.4, -0.2) is 30.3 Å². The van der Waals surface area contributed by atoms with E-state index in [1.165, 1.54) is 12.1 Å². The number of ether oxygens (including phenoxy) is 2. The van der Waals surface area contributed by atoms with Gasteiger partial charge in [-0.05, 0) is 35.9 Å². The first-order valence-electron chi connectivity index (χ1n) is 7.64. The fourth-order valence-electron chi connectivity index (χ4n) is 2.63. The molecule has 0 atom stereocenters. The lowest BCUT2D eigenvalue weighted by atomic mass is 10.1. The van der Waals surface area contributed by atoms with Gasteiger partial charge in [-0.1, -0.05) is 12.1 Å². The number of aromatic nitrogens is 2. The Labute approximate surface area is 144 Å². The first-order chi connectivity index (χ1) is 12.1. The van der Waals surface area contributed by atoms with Gasteiger partial charge in [0.25, 0.3) is 0 Å². The van der Waals surface area contributed by atoms with Gasteiger partial charge < -0.3 is 9.47 Å². The number of benzene rings is 2. The largest absolute Gasteiger partial charge is 0.493 e. The Hall–Kier alpha value is -3.15. The van der Waals surface area contributed by atoms with Crippen molar-refractivity contribution < 1.29 is 18.7 Å². The molecule has 6 heteroatoms. The third-order valence-electron chi connectivity index (χ3n) is 3.81. The number of hydrogen-bond acceptors (Lipinski definition) is 4. The van der Waals surface area contributed by atoms with Crippen molar-refractivity contribution in [3.63, 3.8) is 0 Å². The Morgan fingerprint density at radius 2 is 1.92 bits per heavy atom. The summed E-state index contributed by atoms with van der Waals surface area (Å²) in [5.74, 6) is 0.843. The maximum atomic E-state index is 13.3. The molecule has 0 bridgehead atoms. The average molecular weight is 340 g/mol. The van der Waals surface area contributed by atoms with Gasteiger partial charge in [-0.3, -0.25) is 9.48 Å². The monoisotopic (exact) mass is 340 g/mol. The van der Waals surface area contributed by atoms with Gasteiger partial charge >= 0.3 is 0 Å². The van der Waals surface area contributed by atoms with E-state index in [9.17, 15) is 9.18 Å². The summed E-state index contributed by atoms with van der Waals surface area (Å²) < 4.78 is 25.5. The summed E-state index contributed by atoms with van der Waals surface area (Å²) in [6.45, 7) is 0.367. The molecule has 0 amide bonds.